The lowest BCUT2D eigenvalue weighted by molar-refractivity contribution is -0.117. The highest BCUT2D eigenvalue weighted by Gasteiger charge is 2.23. The van der Waals surface area contributed by atoms with E-state index in [1.54, 1.807) is 4.90 Å². The zero-order chi connectivity index (χ0) is 16.1. The van der Waals surface area contributed by atoms with Crippen LogP contribution in [0.25, 0.3) is 0 Å². The maximum absolute atomic E-state index is 10.9. The lowest BCUT2D eigenvalue weighted by atomic mass is 10.0. The summed E-state index contributed by atoms with van der Waals surface area (Å²) in [6.45, 7) is 4.43. The topological polar surface area (TPSA) is 84.0 Å². The van der Waals surface area contributed by atoms with Crippen molar-refractivity contribution in [2.45, 2.75) is 19.8 Å². The molecule has 0 spiro atoms. The zero-order valence-corrected chi connectivity index (χ0v) is 13.1. The van der Waals surface area contributed by atoms with Crippen molar-refractivity contribution in [2.24, 2.45) is 0 Å². The normalized spacial score (nSPS) is 14.9. The van der Waals surface area contributed by atoms with Crippen LogP contribution in [0.2, 0.25) is 5.15 Å². The summed E-state index contributed by atoms with van der Waals surface area (Å²) in [5.41, 5.74) is 1.31. The third-order valence-corrected chi connectivity index (χ3v) is 4.07. The molecule has 0 N–H and O–H groups in total. The Morgan fingerprint density at radius 1 is 1.23 bits per heavy atom. The van der Waals surface area contributed by atoms with Gasteiger partial charge >= 0.3 is 0 Å². The highest BCUT2D eigenvalue weighted by Crippen LogP contribution is 2.29. The number of halogens is 1. The molecule has 1 saturated heterocycles. The molecule has 22 heavy (non-hydrogen) atoms. The lowest BCUT2D eigenvalue weighted by Gasteiger charge is -2.24. The number of carbonyl (C=O) groups is 1. The van der Waals surface area contributed by atoms with Crippen molar-refractivity contribution < 1.29 is 4.79 Å². The van der Waals surface area contributed by atoms with E-state index in [9.17, 15) is 15.3 Å². The molecule has 0 atom stereocenters. The van der Waals surface area contributed by atoms with Crippen molar-refractivity contribution in [3.8, 4) is 12.1 Å². The van der Waals surface area contributed by atoms with Gasteiger partial charge in [-0.3, -0.25) is 4.79 Å². The Balaban J connectivity index is 2.47. The number of aromatic nitrogens is 1. The highest BCUT2D eigenvalue weighted by atomic mass is 35.5. The Morgan fingerprint density at radius 2 is 1.95 bits per heavy atom. The van der Waals surface area contributed by atoms with Crippen LogP contribution in [-0.4, -0.2) is 42.5 Å². The van der Waals surface area contributed by atoms with Crippen LogP contribution >= 0.6 is 11.6 Å². The quantitative estimate of drug-likeness (QED) is 0.626. The van der Waals surface area contributed by atoms with E-state index in [2.05, 4.69) is 11.1 Å². The molecule has 0 bridgehead atoms. The van der Waals surface area contributed by atoms with Gasteiger partial charge in [-0.1, -0.05) is 18.5 Å². The van der Waals surface area contributed by atoms with Gasteiger partial charge in [0.25, 0.3) is 0 Å². The lowest BCUT2D eigenvalue weighted by Crippen LogP contribution is -2.31. The molecule has 6 nitrogen and oxygen atoms in total. The number of nitriles is 2. The van der Waals surface area contributed by atoms with E-state index < -0.39 is 0 Å². The Bertz CT molecular complexity index is 661. The first kappa shape index (κ1) is 16.1. The largest absolute Gasteiger partial charge is 0.354 e. The summed E-state index contributed by atoms with van der Waals surface area (Å²) in [6.07, 6.45) is 2.17. The molecule has 2 rings (SSSR count). The first-order chi connectivity index (χ1) is 10.7. The van der Waals surface area contributed by atoms with Gasteiger partial charge in [0, 0.05) is 26.2 Å². The van der Waals surface area contributed by atoms with Crippen LogP contribution in [0.1, 0.15) is 30.0 Å². The van der Waals surface area contributed by atoms with Crippen LogP contribution in [0.4, 0.5) is 5.82 Å². The fraction of sp³-hybridized carbons (Fsp3) is 0.467. The standard InChI is InChI=1S/C15H16ClN5O/c1-2-11-12(8-17)14(16)19-15(13(11)9-18)21-5-3-4-20(10-22)6-7-21/h10H,2-7H2,1H3. The summed E-state index contributed by atoms with van der Waals surface area (Å²) in [6, 6.07) is 4.19. The summed E-state index contributed by atoms with van der Waals surface area (Å²) in [4.78, 5) is 18.9. The third-order valence-electron chi connectivity index (χ3n) is 3.79. The minimum absolute atomic E-state index is 0.129. The van der Waals surface area contributed by atoms with Gasteiger partial charge in [-0.15, -0.1) is 0 Å². The fourth-order valence-electron chi connectivity index (χ4n) is 2.66. The molecule has 0 aromatic carbocycles. The molecular formula is C15H16ClN5O. The Morgan fingerprint density at radius 3 is 2.55 bits per heavy atom. The number of pyridine rings is 1. The van der Waals surface area contributed by atoms with Gasteiger partial charge in [0.2, 0.25) is 6.41 Å². The van der Waals surface area contributed by atoms with Crippen molar-refractivity contribution in [3.05, 3.63) is 21.8 Å². The molecule has 0 radical (unpaired) electrons. The van der Waals surface area contributed by atoms with Gasteiger partial charge < -0.3 is 9.80 Å². The molecule has 2 heterocycles. The molecule has 0 aliphatic carbocycles. The molecule has 0 unspecified atom stereocenters. The molecule has 1 aliphatic heterocycles. The van der Waals surface area contributed by atoms with E-state index in [0.29, 0.717) is 49.5 Å². The minimum Gasteiger partial charge on any atom is -0.354 e. The number of hydrogen-bond donors (Lipinski definition) is 0. The van der Waals surface area contributed by atoms with E-state index in [-0.39, 0.29) is 10.7 Å². The number of amides is 1. The van der Waals surface area contributed by atoms with Crippen LogP contribution in [0.3, 0.4) is 0 Å². The van der Waals surface area contributed by atoms with E-state index in [1.165, 1.54) is 0 Å². The van der Waals surface area contributed by atoms with Crippen LogP contribution in [0.15, 0.2) is 0 Å². The fourth-order valence-corrected chi connectivity index (χ4v) is 2.89. The van der Waals surface area contributed by atoms with E-state index >= 15 is 0 Å². The van der Waals surface area contributed by atoms with Gasteiger partial charge in [-0.05, 0) is 18.4 Å². The first-order valence-corrected chi connectivity index (χ1v) is 7.50. The van der Waals surface area contributed by atoms with Crippen LogP contribution < -0.4 is 4.90 Å². The molecule has 7 heteroatoms. The number of hydrogen-bond acceptors (Lipinski definition) is 5. The third kappa shape index (κ3) is 2.98. The van der Waals surface area contributed by atoms with Crippen LogP contribution in [0.5, 0.6) is 0 Å². The van der Waals surface area contributed by atoms with Crippen molar-refractivity contribution in [1.29, 1.82) is 10.5 Å². The second kappa shape index (κ2) is 7.11. The first-order valence-electron chi connectivity index (χ1n) is 7.13. The van der Waals surface area contributed by atoms with E-state index in [4.69, 9.17) is 11.6 Å². The molecule has 1 aromatic heterocycles. The molecule has 1 aliphatic rings. The van der Waals surface area contributed by atoms with Crippen molar-refractivity contribution in [2.75, 3.05) is 31.1 Å². The average molecular weight is 318 g/mol. The van der Waals surface area contributed by atoms with E-state index in [0.717, 1.165) is 12.8 Å². The monoisotopic (exact) mass is 317 g/mol. The summed E-state index contributed by atoms with van der Waals surface area (Å²) < 4.78 is 0. The van der Waals surface area contributed by atoms with Crippen LogP contribution in [-0.2, 0) is 11.2 Å². The van der Waals surface area contributed by atoms with Crippen molar-refractivity contribution >= 4 is 23.8 Å². The summed E-state index contributed by atoms with van der Waals surface area (Å²) >= 11 is 6.12. The second-order valence-corrected chi connectivity index (χ2v) is 5.37. The zero-order valence-electron chi connectivity index (χ0n) is 12.3. The smallest absolute Gasteiger partial charge is 0.209 e. The average Bonchev–Trinajstić information content (AvgIpc) is 2.78. The Hall–Kier alpha value is -2.31. The molecule has 1 aromatic rings. The molecule has 0 saturated carbocycles. The highest BCUT2D eigenvalue weighted by molar-refractivity contribution is 6.30. The molecule has 1 amide bonds. The number of carbonyl (C=O) groups excluding carboxylic acids is 1. The number of anilines is 1. The molecule has 114 valence electrons. The maximum Gasteiger partial charge on any atom is 0.209 e. The SMILES string of the molecule is CCc1c(C#N)c(Cl)nc(N2CCCN(C=O)CC2)c1C#N. The van der Waals surface area contributed by atoms with Gasteiger partial charge in [0.05, 0.1) is 11.1 Å². The molecular weight excluding hydrogens is 302 g/mol. The summed E-state index contributed by atoms with van der Waals surface area (Å²) in [7, 11) is 0. The minimum atomic E-state index is 0.129. The van der Waals surface area contributed by atoms with Crippen LogP contribution in [0, 0.1) is 22.7 Å². The number of rotatable bonds is 3. The Labute approximate surface area is 134 Å². The van der Waals surface area contributed by atoms with Gasteiger partial charge in [0.15, 0.2) is 0 Å². The van der Waals surface area contributed by atoms with E-state index in [1.807, 2.05) is 17.9 Å². The molecule has 1 fully saturated rings. The van der Waals surface area contributed by atoms with Gasteiger partial charge in [0.1, 0.15) is 23.1 Å². The predicted molar refractivity (Wildman–Crippen MR) is 82.5 cm³/mol. The summed E-state index contributed by atoms with van der Waals surface area (Å²) in [5, 5.41) is 18.9. The summed E-state index contributed by atoms with van der Waals surface area (Å²) in [5.74, 6) is 0.510. The van der Waals surface area contributed by atoms with Gasteiger partial charge in [-0.25, -0.2) is 4.98 Å². The second-order valence-electron chi connectivity index (χ2n) is 5.01. The van der Waals surface area contributed by atoms with Crippen molar-refractivity contribution in [1.82, 2.24) is 9.88 Å². The maximum atomic E-state index is 10.9. The van der Waals surface area contributed by atoms with Gasteiger partial charge in [-0.2, -0.15) is 10.5 Å². The Kier molecular flexibility index (Phi) is 5.19. The van der Waals surface area contributed by atoms with Crippen molar-refractivity contribution in [3.63, 3.8) is 0 Å². The number of nitrogens with zero attached hydrogens (tertiary/aromatic N) is 5. The predicted octanol–water partition coefficient (Wildman–Crippen LogP) is 1.71.